The number of halogens is 1. The van der Waals surface area contributed by atoms with Crippen LogP contribution in [0.4, 0.5) is 5.69 Å². The van der Waals surface area contributed by atoms with Crippen LogP contribution in [0.15, 0.2) is 48.5 Å². The zero-order valence-corrected chi connectivity index (χ0v) is 12.0. The van der Waals surface area contributed by atoms with Gasteiger partial charge >= 0.3 is 0 Å². The third kappa shape index (κ3) is 4.73. The van der Waals surface area contributed by atoms with Gasteiger partial charge in [0.1, 0.15) is 12.4 Å². The number of ether oxygens (including phenoxy) is 1. The van der Waals surface area contributed by atoms with E-state index in [-0.39, 0.29) is 5.69 Å². The van der Waals surface area contributed by atoms with Crippen molar-refractivity contribution in [1.82, 2.24) is 5.32 Å². The number of rotatable bonds is 7. The van der Waals surface area contributed by atoms with E-state index in [2.05, 4.69) is 5.32 Å². The highest BCUT2D eigenvalue weighted by atomic mass is 35.5. The van der Waals surface area contributed by atoms with Gasteiger partial charge in [0.05, 0.1) is 4.92 Å². The van der Waals surface area contributed by atoms with E-state index >= 15 is 0 Å². The number of nitrogens with zero attached hydrogens (tertiary/aromatic N) is 1. The Morgan fingerprint density at radius 1 is 1.14 bits per heavy atom. The molecule has 0 unspecified atom stereocenters. The lowest BCUT2D eigenvalue weighted by molar-refractivity contribution is -0.384. The van der Waals surface area contributed by atoms with E-state index in [0.717, 1.165) is 10.6 Å². The molecule has 0 aliphatic carbocycles. The Hall–Kier alpha value is -2.11. The lowest BCUT2D eigenvalue weighted by Crippen LogP contribution is -2.20. The fraction of sp³-hybridized carbons (Fsp3) is 0.200. The summed E-state index contributed by atoms with van der Waals surface area (Å²) in [5.74, 6) is 0.611. The second kappa shape index (κ2) is 7.61. The minimum Gasteiger partial charge on any atom is -0.492 e. The van der Waals surface area contributed by atoms with Crippen LogP contribution < -0.4 is 10.1 Å². The number of nitro groups is 1. The van der Waals surface area contributed by atoms with Crippen LogP contribution in [0.2, 0.25) is 5.02 Å². The summed E-state index contributed by atoms with van der Waals surface area (Å²) in [6.45, 7) is 1.80. The van der Waals surface area contributed by atoms with Crippen molar-refractivity contribution in [2.75, 3.05) is 13.2 Å². The number of benzene rings is 2. The zero-order chi connectivity index (χ0) is 15.1. The lowest BCUT2D eigenvalue weighted by atomic mass is 10.2. The molecule has 0 fully saturated rings. The van der Waals surface area contributed by atoms with E-state index in [0.29, 0.717) is 25.4 Å². The summed E-state index contributed by atoms with van der Waals surface area (Å²) in [7, 11) is 0. The number of nitro benzene ring substituents is 1. The van der Waals surface area contributed by atoms with Gasteiger partial charge in [0.15, 0.2) is 0 Å². The first-order valence-electron chi connectivity index (χ1n) is 6.48. The van der Waals surface area contributed by atoms with Crippen LogP contribution in [0.25, 0.3) is 0 Å². The van der Waals surface area contributed by atoms with Crippen molar-refractivity contribution in [1.29, 1.82) is 0 Å². The van der Waals surface area contributed by atoms with Gasteiger partial charge in [0, 0.05) is 30.2 Å². The molecule has 0 aliphatic heterocycles. The van der Waals surface area contributed by atoms with E-state index < -0.39 is 4.92 Å². The maximum Gasteiger partial charge on any atom is 0.269 e. The third-order valence-corrected chi connectivity index (χ3v) is 3.24. The monoisotopic (exact) mass is 306 g/mol. The van der Waals surface area contributed by atoms with E-state index in [4.69, 9.17) is 16.3 Å². The topological polar surface area (TPSA) is 64.4 Å². The Balaban J connectivity index is 1.70. The average Bonchev–Trinajstić information content (AvgIpc) is 2.49. The van der Waals surface area contributed by atoms with Crippen molar-refractivity contribution in [3.8, 4) is 5.75 Å². The molecule has 0 radical (unpaired) electrons. The Morgan fingerprint density at radius 2 is 1.86 bits per heavy atom. The van der Waals surface area contributed by atoms with Gasteiger partial charge in [0.25, 0.3) is 5.69 Å². The highest BCUT2D eigenvalue weighted by Gasteiger charge is 2.04. The maximum absolute atomic E-state index is 10.5. The molecule has 0 bridgehead atoms. The lowest BCUT2D eigenvalue weighted by Gasteiger charge is -2.08. The van der Waals surface area contributed by atoms with Crippen molar-refractivity contribution in [2.45, 2.75) is 6.54 Å². The third-order valence-electron chi connectivity index (χ3n) is 2.87. The molecule has 2 aromatic rings. The Kier molecular flexibility index (Phi) is 5.54. The summed E-state index contributed by atoms with van der Waals surface area (Å²) in [5, 5.41) is 14.5. The Bertz CT molecular complexity index is 602. The standard InChI is InChI=1S/C15H15ClN2O3/c16-15-4-2-1-3-12(15)11-17-9-10-21-14-7-5-13(6-8-14)18(19)20/h1-8,17H,9-11H2. The molecule has 0 amide bonds. The summed E-state index contributed by atoms with van der Waals surface area (Å²) < 4.78 is 5.49. The summed E-state index contributed by atoms with van der Waals surface area (Å²) >= 11 is 6.05. The first-order chi connectivity index (χ1) is 10.2. The molecule has 1 N–H and O–H groups in total. The predicted octanol–water partition coefficient (Wildman–Crippen LogP) is 3.42. The molecule has 0 aromatic heterocycles. The van der Waals surface area contributed by atoms with Gasteiger partial charge in [-0.1, -0.05) is 29.8 Å². The van der Waals surface area contributed by atoms with Crippen molar-refractivity contribution in [3.05, 3.63) is 69.2 Å². The molecule has 6 heteroatoms. The highest BCUT2D eigenvalue weighted by molar-refractivity contribution is 6.31. The van der Waals surface area contributed by atoms with Gasteiger partial charge in [-0.25, -0.2) is 0 Å². The van der Waals surface area contributed by atoms with E-state index in [9.17, 15) is 10.1 Å². The number of hydrogen-bond donors (Lipinski definition) is 1. The van der Waals surface area contributed by atoms with Gasteiger partial charge < -0.3 is 10.1 Å². The highest BCUT2D eigenvalue weighted by Crippen LogP contribution is 2.17. The Labute approximate surface area is 127 Å². The van der Waals surface area contributed by atoms with Crippen LogP contribution in [0.1, 0.15) is 5.56 Å². The molecule has 0 atom stereocenters. The normalized spacial score (nSPS) is 10.3. The summed E-state index contributed by atoms with van der Waals surface area (Å²) in [6.07, 6.45) is 0. The molecule has 2 rings (SSSR count). The van der Waals surface area contributed by atoms with Gasteiger partial charge in [-0.3, -0.25) is 10.1 Å². The molecule has 0 aliphatic rings. The van der Waals surface area contributed by atoms with Crippen LogP contribution in [0.3, 0.4) is 0 Å². The zero-order valence-electron chi connectivity index (χ0n) is 11.3. The predicted molar refractivity (Wildman–Crippen MR) is 81.8 cm³/mol. The van der Waals surface area contributed by atoms with E-state index in [1.165, 1.54) is 12.1 Å². The van der Waals surface area contributed by atoms with Crippen LogP contribution in [0.5, 0.6) is 5.75 Å². The van der Waals surface area contributed by atoms with Gasteiger partial charge in [0.2, 0.25) is 0 Å². The SMILES string of the molecule is O=[N+]([O-])c1ccc(OCCNCc2ccccc2Cl)cc1. The molecule has 2 aromatic carbocycles. The van der Waals surface area contributed by atoms with Crippen LogP contribution >= 0.6 is 11.6 Å². The minimum absolute atomic E-state index is 0.0548. The quantitative estimate of drug-likeness (QED) is 0.483. The van der Waals surface area contributed by atoms with Crippen molar-refractivity contribution >= 4 is 17.3 Å². The van der Waals surface area contributed by atoms with Crippen molar-refractivity contribution in [2.24, 2.45) is 0 Å². The fourth-order valence-corrected chi connectivity index (χ4v) is 1.97. The largest absolute Gasteiger partial charge is 0.492 e. The summed E-state index contributed by atoms with van der Waals surface area (Å²) in [6, 6.07) is 13.7. The molecule has 0 heterocycles. The fourth-order valence-electron chi connectivity index (χ4n) is 1.77. The van der Waals surface area contributed by atoms with Gasteiger partial charge in [-0.15, -0.1) is 0 Å². The molecule has 5 nitrogen and oxygen atoms in total. The first-order valence-corrected chi connectivity index (χ1v) is 6.86. The number of nitrogens with one attached hydrogen (secondary N) is 1. The smallest absolute Gasteiger partial charge is 0.269 e. The van der Waals surface area contributed by atoms with Gasteiger partial charge in [-0.2, -0.15) is 0 Å². The summed E-state index contributed by atoms with van der Waals surface area (Å²) in [5.41, 5.74) is 1.09. The van der Waals surface area contributed by atoms with Crippen LogP contribution in [-0.4, -0.2) is 18.1 Å². The van der Waals surface area contributed by atoms with E-state index in [1.54, 1.807) is 12.1 Å². The van der Waals surface area contributed by atoms with Crippen LogP contribution in [0, 0.1) is 10.1 Å². The minimum atomic E-state index is -0.436. The average molecular weight is 307 g/mol. The molecular formula is C15H15ClN2O3. The molecule has 110 valence electrons. The first kappa shape index (κ1) is 15.3. The van der Waals surface area contributed by atoms with Crippen molar-refractivity contribution < 1.29 is 9.66 Å². The Morgan fingerprint density at radius 3 is 2.52 bits per heavy atom. The summed E-state index contributed by atoms with van der Waals surface area (Å²) in [4.78, 5) is 10.1. The van der Waals surface area contributed by atoms with E-state index in [1.807, 2.05) is 24.3 Å². The molecule has 0 saturated carbocycles. The second-order valence-electron chi connectivity index (χ2n) is 4.37. The van der Waals surface area contributed by atoms with Crippen LogP contribution in [-0.2, 0) is 6.54 Å². The maximum atomic E-state index is 10.5. The number of non-ortho nitro benzene ring substituents is 1. The van der Waals surface area contributed by atoms with Crippen molar-refractivity contribution in [3.63, 3.8) is 0 Å². The molecule has 0 saturated heterocycles. The molecular weight excluding hydrogens is 292 g/mol. The molecule has 21 heavy (non-hydrogen) atoms. The van der Waals surface area contributed by atoms with Gasteiger partial charge in [-0.05, 0) is 23.8 Å². The second-order valence-corrected chi connectivity index (χ2v) is 4.77. The molecule has 0 spiro atoms. The number of hydrogen-bond acceptors (Lipinski definition) is 4.